The highest BCUT2D eigenvalue weighted by Crippen LogP contribution is 2.37. The van der Waals surface area contributed by atoms with Gasteiger partial charge in [-0.2, -0.15) is 0 Å². The minimum Gasteiger partial charge on any atom is -0.493 e. The molecule has 1 atom stereocenters. The second kappa shape index (κ2) is 7.14. The van der Waals surface area contributed by atoms with Gasteiger partial charge in [-0.25, -0.2) is 4.39 Å². The summed E-state index contributed by atoms with van der Waals surface area (Å²) in [7, 11) is -2.56. The first kappa shape index (κ1) is 17.9. The van der Waals surface area contributed by atoms with E-state index in [0.717, 1.165) is 0 Å². The summed E-state index contributed by atoms with van der Waals surface area (Å²) in [6.07, 6.45) is 1.25. The van der Waals surface area contributed by atoms with E-state index in [0.29, 0.717) is 6.61 Å². The minimum absolute atomic E-state index is 0.0831. The Morgan fingerprint density at radius 3 is 1.92 bits per heavy atom. The van der Waals surface area contributed by atoms with E-state index < -0.39 is 8.32 Å². The Bertz CT molecular complexity index is 683. The third-order valence-corrected chi connectivity index (χ3v) is 9.72. The summed E-state index contributed by atoms with van der Waals surface area (Å²) >= 11 is 0. The summed E-state index contributed by atoms with van der Waals surface area (Å²) < 4.78 is 25.5. The van der Waals surface area contributed by atoms with Gasteiger partial charge in [-0.3, -0.25) is 0 Å². The van der Waals surface area contributed by atoms with Crippen LogP contribution < -0.4 is 10.4 Å². The molecule has 0 saturated carbocycles. The number of hydrogen-bond acceptors (Lipinski definition) is 2. The van der Waals surface area contributed by atoms with E-state index >= 15 is 0 Å². The zero-order valence-electron chi connectivity index (χ0n) is 15.0. The zero-order chi connectivity index (χ0) is 17.9. The maximum Gasteiger partial charge on any atom is 0.261 e. The maximum absolute atomic E-state index is 13.4. The van der Waals surface area contributed by atoms with Crippen molar-refractivity contribution >= 4 is 18.7 Å². The molecule has 25 heavy (non-hydrogen) atoms. The lowest BCUT2D eigenvalue weighted by Gasteiger charge is -2.43. The molecule has 2 nitrogen and oxygen atoms in total. The molecule has 0 bridgehead atoms. The molecule has 0 saturated heterocycles. The molecule has 1 aliphatic rings. The lowest BCUT2D eigenvalue weighted by Crippen LogP contribution is -2.67. The summed E-state index contributed by atoms with van der Waals surface area (Å²) in [5.74, 6) is -0.212. The molecular weight excluding hydrogens is 331 g/mol. The van der Waals surface area contributed by atoms with Crippen LogP contribution in [0.5, 0.6) is 0 Å². The van der Waals surface area contributed by atoms with Gasteiger partial charge in [0.15, 0.2) is 0 Å². The predicted octanol–water partition coefficient (Wildman–Crippen LogP) is 4.16. The second-order valence-corrected chi connectivity index (χ2v) is 11.8. The van der Waals surface area contributed by atoms with E-state index in [4.69, 9.17) is 9.16 Å². The Morgan fingerprint density at radius 2 is 1.52 bits per heavy atom. The Kier molecular flexibility index (Phi) is 5.11. The van der Waals surface area contributed by atoms with Crippen LogP contribution in [0.3, 0.4) is 0 Å². The van der Waals surface area contributed by atoms with Crippen LogP contribution in [-0.4, -0.2) is 21.0 Å². The number of benzene rings is 2. The quantitative estimate of drug-likeness (QED) is 0.749. The summed E-state index contributed by atoms with van der Waals surface area (Å²) in [6.45, 7) is 7.08. The molecular formula is C21H25FO2Si. The standard InChI is InChI=1S/C21H25FO2Si/c1-21(2,3)25(19-10-6-4-7-11-19,20-12-8-5-9-13-20)24-16-18-14-17(22)15-23-18/h4-13,15,18H,14,16H2,1-3H3. The van der Waals surface area contributed by atoms with Gasteiger partial charge in [0.1, 0.15) is 18.2 Å². The molecule has 0 radical (unpaired) electrons. The molecule has 0 N–H and O–H groups in total. The van der Waals surface area contributed by atoms with Crippen LogP contribution in [0.25, 0.3) is 0 Å². The molecule has 1 unspecified atom stereocenters. The van der Waals surface area contributed by atoms with Crippen LogP contribution in [0.1, 0.15) is 27.2 Å². The molecule has 4 heteroatoms. The van der Waals surface area contributed by atoms with Gasteiger partial charge in [-0.15, -0.1) is 0 Å². The number of hydrogen-bond donors (Lipinski definition) is 0. The molecule has 0 aromatic heterocycles. The predicted molar refractivity (Wildman–Crippen MR) is 102 cm³/mol. The van der Waals surface area contributed by atoms with Gasteiger partial charge >= 0.3 is 0 Å². The van der Waals surface area contributed by atoms with Gasteiger partial charge in [0.2, 0.25) is 0 Å². The Hall–Kier alpha value is -1.91. The van der Waals surface area contributed by atoms with Gasteiger partial charge in [0.25, 0.3) is 8.32 Å². The van der Waals surface area contributed by atoms with Crippen molar-refractivity contribution in [3.8, 4) is 0 Å². The van der Waals surface area contributed by atoms with Crippen molar-refractivity contribution in [2.24, 2.45) is 0 Å². The van der Waals surface area contributed by atoms with Crippen molar-refractivity contribution in [3.05, 3.63) is 72.8 Å². The van der Waals surface area contributed by atoms with E-state index in [1.165, 1.54) is 16.6 Å². The fourth-order valence-electron chi connectivity index (χ4n) is 3.56. The highest BCUT2D eigenvalue weighted by atomic mass is 28.4. The first-order valence-electron chi connectivity index (χ1n) is 8.68. The van der Waals surface area contributed by atoms with E-state index in [1.807, 2.05) is 12.1 Å². The first-order valence-corrected chi connectivity index (χ1v) is 10.6. The van der Waals surface area contributed by atoms with Crippen molar-refractivity contribution in [1.29, 1.82) is 0 Å². The highest BCUT2D eigenvalue weighted by Gasteiger charge is 2.50. The fourth-order valence-corrected chi connectivity index (χ4v) is 8.15. The van der Waals surface area contributed by atoms with Crippen LogP contribution in [0.2, 0.25) is 5.04 Å². The van der Waals surface area contributed by atoms with Gasteiger partial charge in [-0.05, 0) is 15.4 Å². The van der Waals surface area contributed by atoms with Gasteiger partial charge in [-0.1, -0.05) is 81.4 Å². The SMILES string of the molecule is CC(C)(C)[Si](OCC1CC(F)=CO1)(c1ccccc1)c1ccccc1. The van der Waals surface area contributed by atoms with Gasteiger partial charge < -0.3 is 9.16 Å². The Morgan fingerprint density at radius 1 is 1.00 bits per heavy atom. The summed E-state index contributed by atoms with van der Waals surface area (Å²) in [5.41, 5.74) is 0. The molecule has 0 amide bonds. The first-order chi connectivity index (χ1) is 11.9. The molecule has 2 aromatic carbocycles. The number of halogens is 1. The van der Waals surface area contributed by atoms with E-state index in [2.05, 4.69) is 69.3 Å². The number of ether oxygens (including phenoxy) is 1. The smallest absolute Gasteiger partial charge is 0.261 e. The van der Waals surface area contributed by atoms with E-state index in [9.17, 15) is 4.39 Å². The van der Waals surface area contributed by atoms with Crippen LogP contribution in [-0.2, 0) is 9.16 Å². The summed E-state index contributed by atoms with van der Waals surface area (Å²) in [4.78, 5) is 0. The zero-order valence-corrected chi connectivity index (χ0v) is 16.0. The molecule has 132 valence electrons. The van der Waals surface area contributed by atoms with Gasteiger partial charge in [0.05, 0.1) is 6.61 Å². The maximum atomic E-state index is 13.4. The Labute approximate surface area is 150 Å². The fraction of sp³-hybridized carbons (Fsp3) is 0.333. The topological polar surface area (TPSA) is 18.5 Å². The van der Waals surface area contributed by atoms with Crippen molar-refractivity contribution in [2.45, 2.75) is 38.3 Å². The summed E-state index contributed by atoms with van der Waals surface area (Å²) in [6, 6.07) is 20.9. The van der Waals surface area contributed by atoms with Crippen LogP contribution in [0.15, 0.2) is 72.8 Å². The molecule has 1 heterocycles. The summed E-state index contributed by atoms with van der Waals surface area (Å²) in [5, 5.41) is 2.36. The van der Waals surface area contributed by atoms with Gasteiger partial charge in [0, 0.05) is 6.42 Å². The van der Waals surface area contributed by atoms with Crippen molar-refractivity contribution < 1.29 is 13.6 Å². The van der Waals surface area contributed by atoms with E-state index in [1.54, 1.807) is 0 Å². The molecule has 2 aromatic rings. The van der Waals surface area contributed by atoms with Crippen LogP contribution in [0.4, 0.5) is 4.39 Å². The number of rotatable bonds is 5. The average Bonchev–Trinajstić information content (AvgIpc) is 3.02. The van der Waals surface area contributed by atoms with E-state index in [-0.39, 0.29) is 23.4 Å². The monoisotopic (exact) mass is 356 g/mol. The molecule has 0 aliphatic carbocycles. The average molecular weight is 357 g/mol. The lowest BCUT2D eigenvalue weighted by atomic mass is 10.2. The Balaban J connectivity index is 2.03. The third kappa shape index (κ3) is 3.55. The van der Waals surface area contributed by atoms with Crippen LogP contribution >= 0.6 is 0 Å². The van der Waals surface area contributed by atoms with Crippen molar-refractivity contribution in [1.82, 2.24) is 0 Å². The molecule has 3 rings (SSSR count). The van der Waals surface area contributed by atoms with Crippen molar-refractivity contribution in [3.63, 3.8) is 0 Å². The molecule has 0 spiro atoms. The van der Waals surface area contributed by atoms with Crippen LogP contribution in [0, 0.1) is 0 Å². The molecule has 1 aliphatic heterocycles. The molecule has 0 fully saturated rings. The highest BCUT2D eigenvalue weighted by molar-refractivity contribution is 6.99. The minimum atomic E-state index is -2.56. The van der Waals surface area contributed by atoms with Crippen molar-refractivity contribution in [2.75, 3.05) is 6.61 Å². The normalized spacial score (nSPS) is 17.9. The largest absolute Gasteiger partial charge is 0.493 e. The second-order valence-electron chi connectivity index (χ2n) is 7.50. The third-order valence-electron chi connectivity index (χ3n) is 4.71. The lowest BCUT2D eigenvalue weighted by molar-refractivity contribution is 0.102.